The minimum atomic E-state index is -0.351. The standard InChI is InChI=1S/C19H15N3O4/c23-8-7-20-18(25)10-5-6-14-12(9-10)15(19(26)22-14)16-17(24)11-3-1-2-4-13(11)21-16/h1-6,9,22-23,26H,7-8H2,(H,20,25). The third kappa shape index (κ3) is 2.46. The van der Waals surface area contributed by atoms with Gasteiger partial charge in [0.2, 0.25) is 5.78 Å². The number of hydrogen-bond acceptors (Lipinski definition) is 5. The van der Waals surface area contributed by atoms with Crippen LogP contribution in [0.5, 0.6) is 5.88 Å². The van der Waals surface area contributed by atoms with Gasteiger partial charge in [0.15, 0.2) is 5.88 Å². The van der Waals surface area contributed by atoms with Gasteiger partial charge in [-0.1, -0.05) is 12.1 Å². The summed E-state index contributed by atoms with van der Waals surface area (Å²) in [6, 6.07) is 11.8. The van der Waals surface area contributed by atoms with Gasteiger partial charge >= 0.3 is 0 Å². The molecule has 0 saturated carbocycles. The third-order valence-corrected chi connectivity index (χ3v) is 4.27. The van der Waals surface area contributed by atoms with E-state index in [9.17, 15) is 14.7 Å². The highest BCUT2D eigenvalue weighted by Crippen LogP contribution is 2.35. The number of fused-ring (bicyclic) bond motifs is 2. The fraction of sp³-hybridized carbons (Fsp3) is 0.105. The summed E-state index contributed by atoms with van der Waals surface area (Å²) in [6.45, 7) is -0.0175. The minimum absolute atomic E-state index is 0.141. The Morgan fingerprint density at radius 3 is 2.77 bits per heavy atom. The van der Waals surface area contributed by atoms with Crippen molar-refractivity contribution in [3.63, 3.8) is 0 Å². The number of H-pyrrole nitrogens is 1. The molecular formula is C19H15N3O4. The van der Waals surface area contributed by atoms with Crippen LogP contribution in [0.3, 0.4) is 0 Å². The number of aromatic nitrogens is 1. The summed E-state index contributed by atoms with van der Waals surface area (Å²) in [5.41, 5.74) is 2.39. The van der Waals surface area contributed by atoms with Crippen molar-refractivity contribution in [3.8, 4) is 5.88 Å². The normalized spacial score (nSPS) is 13.0. The molecule has 0 bridgehead atoms. The maximum atomic E-state index is 12.7. The molecule has 0 atom stereocenters. The number of ketones is 1. The molecule has 4 rings (SSSR count). The van der Waals surface area contributed by atoms with Gasteiger partial charge in [0, 0.05) is 28.6 Å². The van der Waals surface area contributed by atoms with Crippen LogP contribution in [0.15, 0.2) is 47.5 Å². The molecule has 7 heteroatoms. The number of aromatic hydroxyl groups is 1. The average molecular weight is 349 g/mol. The molecule has 3 aromatic rings. The zero-order chi connectivity index (χ0) is 18.3. The van der Waals surface area contributed by atoms with Crippen LogP contribution in [-0.2, 0) is 0 Å². The van der Waals surface area contributed by atoms with E-state index in [-0.39, 0.29) is 42.0 Å². The Bertz CT molecular complexity index is 1080. The number of para-hydroxylation sites is 1. The van der Waals surface area contributed by atoms with Crippen molar-refractivity contribution in [2.75, 3.05) is 13.2 Å². The number of carbonyl (C=O) groups is 2. The topological polar surface area (TPSA) is 115 Å². The lowest BCUT2D eigenvalue weighted by Gasteiger charge is -2.04. The Labute approximate surface area is 148 Å². The number of benzene rings is 2. The SMILES string of the molecule is O=C(NCCO)c1ccc2[nH]c(O)c(C3=Nc4ccccc4C3=O)c2c1. The van der Waals surface area contributed by atoms with E-state index < -0.39 is 0 Å². The summed E-state index contributed by atoms with van der Waals surface area (Å²) in [6.07, 6.45) is 0. The van der Waals surface area contributed by atoms with Gasteiger partial charge in [-0.25, -0.2) is 4.99 Å². The number of carbonyl (C=O) groups excluding carboxylic acids is 2. The van der Waals surface area contributed by atoms with Gasteiger partial charge < -0.3 is 20.5 Å². The van der Waals surface area contributed by atoms with Crippen LogP contribution < -0.4 is 5.32 Å². The minimum Gasteiger partial charge on any atom is -0.494 e. The van der Waals surface area contributed by atoms with Crippen LogP contribution in [0, 0.1) is 0 Å². The van der Waals surface area contributed by atoms with Gasteiger partial charge in [-0.2, -0.15) is 0 Å². The van der Waals surface area contributed by atoms with E-state index in [0.29, 0.717) is 27.7 Å². The first-order valence-electron chi connectivity index (χ1n) is 8.06. The average Bonchev–Trinajstić information content (AvgIpc) is 3.15. The summed E-state index contributed by atoms with van der Waals surface area (Å²) < 4.78 is 0. The van der Waals surface area contributed by atoms with Crippen molar-refractivity contribution in [2.24, 2.45) is 4.99 Å². The van der Waals surface area contributed by atoms with E-state index in [4.69, 9.17) is 5.11 Å². The second-order valence-electron chi connectivity index (χ2n) is 5.90. The van der Waals surface area contributed by atoms with E-state index >= 15 is 0 Å². The van der Waals surface area contributed by atoms with Crippen molar-refractivity contribution in [2.45, 2.75) is 0 Å². The highest BCUT2D eigenvalue weighted by molar-refractivity contribution is 6.56. The first-order chi connectivity index (χ1) is 12.6. The summed E-state index contributed by atoms with van der Waals surface area (Å²) in [5.74, 6) is -0.796. The molecular weight excluding hydrogens is 334 g/mol. The van der Waals surface area contributed by atoms with Crippen molar-refractivity contribution in [1.82, 2.24) is 10.3 Å². The molecule has 2 heterocycles. The molecule has 7 nitrogen and oxygen atoms in total. The van der Waals surface area contributed by atoms with E-state index in [2.05, 4.69) is 15.3 Å². The van der Waals surface area contributed by atoms with Crippen LogP contribution >= 0.6 is 0 Å². The summed E-state index contributed by atoms with van der Waals surface area (Å²) in [4.78, 5) is 32.0. The van der Waals surface area contributed by atoms with Crippen molar-refractivity contribution < 1.29 is 19.8 Å². The van der Waals surface area contributed by atoms with Gasteiger partial charge in [-0.3, -0.25) is 9.59 Å². The monoisotopic (exact) mass is 349 g/mol. The molecule has 0 unspecified atom stereocenters. The number of aliphatic imine (C=N–C) groups is 1. The van der Waals surface area contributed by atoms with Gasteiger partial charge in [-0.15, -0.1) is 0 Å². The van der Waals surface area contributed by atoms with Crippen LogP contribution in [0.25, 0.3) is 10.9 Å². The zero-order valence-corrected chi connectivity index (χ0v) is 13.6. The number of nitrogens with zero attached hydrogens (tertiary/aromatic N) is 1. The van der Waals surface area contributed by atoms with E-state index in [0.717, 1.165) is 0 Å². The molecule has 0 aliphatic carbocycles. The first kappa shape index (κ1) is 16.0. The van der Waals surface area contributed by atoms with Gasteiger partial charge in [0.1, 0.15) is 5.71 Å². The van der Waals surface area contributed by atoms with Crippen molar-refractivity contribution in [1.29, 1.82) is 0 Å². The fourth-order valence-corrected chi connectivity index (χ4v) is 3.06. The molecule has 1 aromatic heterocycles. The predicted octanol–water partition coefficient (Wildman–Crippen LogP) is 1.91. The molecule has 4 N–H and O–H groups in total. The Morgan fingerprint density at radius 2 is 2.00 bits per heavy atom. The quantitative estimate of drug-likeness (QED) is 0.576. The second-order valence-corrected chi connectivity index (χ2v) is 5.90. The molecule has 0 radical (unpaired) electrons. The van der Waals surface area contributed by atoms with Crippen molar-refractivity contribution in [3.05, 3.63) is 59.2 Å². The molecule has 1 aliphatic heterocycles. The molecule has 2 aromatic carbocycles. The number of rotatable bonds is 4. The van der Waals surface area contributed by atoms with Gasteiger partial charge in [-0.05, 0) is 30.3 Å². The maximum absolute atomic E-state index is 12.7. The van der Waals surface area contributed by atoms with E-state index in [1.165, 1.54) is 0 Å². The number of hydrogen-bond donors (Lipinski definition) is 4. The number of aliphatic hydroxyl groups is 1. The van der Waals surface area contributed by atoms with Crippen LogP contribution in [-0.4, -0.2) is 45.8 Å². The number of nitrogens with one attached hydrogen (secondary N) is 2. The lowest BCUT2D eigenvalue weighted by molar-refractivity contribution is 0.0944. The largest absolute Gasteiger partial charge is 0.494 e. The molecule has 0 spiro atoms. The van der Waals surface area contributed by atoms with Gasteiger partial charge in [0.25, 0.3) is 5.91 Å². The third-order valence-electron chi connectivity index (χ3n) is 4.27. The Kier molecular flexibility index (Phi) is 3.78. The summed E-state index contributed by atoms with van der Waals surface area (Å²) in [7, 11) is 0. The summed E-state index contributed by atoms with van der Waals surface area (Å²) >= 11 is 0. The maximum Gasteiger partial charge on any atom is 0.251 e. The Hall–Kier alpha value is -3.45. The number of amides is 1. The second kappa shape index (κ2) is 6.12. The number of aliphatic hydroxyl groups excluding tert-OH is 1. The van der Waals surface area contributed by atoms with E-state index in [1.807, 2.05) is 0 Å². The smallest absolute Gasteiger partial charge is 0.251 e. The van der Waals surface area contributed by atoms with Crippen LogP contribution in [0.1, 0.15) is 26.3 Å². The summed E-state index contributed by atoms with van der Waals surface area (Å²) in [5, 5.41) is 22.3. The Balaban J connectivity index is 1.82. The molecule has 26 heavy (non-hydrogen) atoms. The Morgan fingerprint density at radius 1 is 1.19 bits per heavy atom. The van der Waals surface area contributed by atoms with Crippen molar-refractivity contribution >= 4 is 34.0 Å². The number of aromatic amines is 1. The number of Topliss-reactive ketones (excluding diaryl/α,β-unsaturated/α-hetero) is 1. The van der Waals surface area contributed by atoms with E-state index in [1.54, 1.807) is 42.5 Å². The first-order valence-corrected chi connectivity index (χ1v) is 8.06. The van der Waals surface area contributed by atoms with Crippen LogP contribution in [0.2, 0.25) is 0 Å². The van der Waals surface area contributed by atoms with Crippen LogP contribution in [0.4, 0.5) is 5.69 Å². The lowest BCUT2D eigenvalue weighted by atomic mass is 10.0. The molecule has 1 amide bonds. The molecule has 130 valence electrons. The molecule has 1 aliphatic rings. The predicted molar refractivity (Wildman–Crippen MR) is 96.4 cm³/mol. The lowest BCUT2D eigenvalue weighted by Crippen LogP contribution is -2.26. The highest BCUT2D eigenvalue weighted by Gasteiger charge is 2.30. The van der Waals surface area contributed by atoms with Gasteiger partial charge in [0.05, 0.1) is 17.9 Å². The molecule has 0 fully saturated rings. The zero-order valence-electron chi connectivity index (χ0n) is 13.6. The molecule has 0 saturated heterocycles. The highest BCUT2D eigenvalue weighted by atomic mass is 16.3. The fourth-order valence-electron chi connectivity index (χ4n) is 3.06.